The van der Waals surface area contributed by atoms with Gasteiger partial charge in [-0.25, -0.2) is 0 Å². The molecule has 1 aromatic carbocycles. The molecular formula is C25H33N3O2. The minimum absolute atomic E-state index is 0.0298. The maximum atomic E-state index is 13.7. The second-order valence-corrected chi connectivity index (χ2v) is 10.1. The van der Waals surface area contributed by atoms with Crippen LogP contribution in [0.2, 0.25) is 0 Å². The first-order valence-corrected chi connectivity index (χ1v) is 11.5. The van der Waals surface area contributed by atoms with Crippen LogP contribution in [-0.2, 0) is 6.42 Å². The molecule has 2 aromatic rings. The van der Waals surface area contributed by atoms with Gasteiger partial charge in [-0.3, -0.25) is 9.69 Å². The van der Waals surface area contributed by atoms with E-state index in [0.29, 0.717) is 17.8 Å². The highest BCUT2D eigenvalue weighted by Gasteiger charge is 2.63. The molecule has 1 amide bonds. The summed E-state index contributed by atoms with van der Waals surface area (Å²) in [6.07, 6.45) is 5.55. The van der Waals surface area contributed by atoms with Gasteiger partial charge in [0.25, 0.3) is 5.91 Å². The Morgan fingerprint density at radius 1 is 1.23 bits per heavy atom. The van der Waals surface area contributed by atoms with Crippen LogP contribution in [0, 0.1) is 5.41 Å². The number of benzene rings is 1. The number of hydrogen-bond acceptors (Lipinski definition) is 4. The highest BCUT2D eigenvalue weighted by Crippen LogP contribution is 2.56. The summed E-state index contributed by atoms with van der Waals surface area (Å²) in [7, 11) is 2.28. The highest BCUT2D eigenvalue weighted by atomic mass is 16.5. The third kappa shape index (κ3) is 2.93. The molecule has 1 aliphatic carbocycles. The van der Waals surface area contributed by atoms with Crippen LogP contribution < -0.4 is 0 Å². The van der Waals surface area contributed by atoms with Gasteiger partial charge in [0.05, 0.1) is 5.69 Å². The number of nitrogens with zero attached hydrogens (tertiary/aromatic N) is 3. The Bertz CT molecular complexity index is 923. The minimum atomic E-state index is 0.0298. The zero-order chi connectivity index (χ0) is 21.0. The summed E-state index contributed by atoms with van der Waals surface area (Å²) in [5, 5.41) is 4.16. The van der Waals surface area contributed by atoms with E-state index in [2.05, 4.69) is 73.1 Å². The van der Waals surface area contributed by atoms with Crippen LogP contribution in [0.15, 0.2) is 40.9 Å². The van der Waals surface area contributed by atoms with Gasteiger partial charge in [-0.2, -0.15) is 0 Å². The molecule has 2 aliphatic heterocycles. The maximum absolute atomic E-state index is 13.7. The van der Waals surface area contributed by atoms with E-state index >= 15 is 0 Å². The van der Waals surface area contributed by atoms with Crippen molar-refractivity contribution in [3.8, 4) is 0 Å². The van der Waals surface area contributed by atoms with Gasteiger partial charge in [0, 0.05) is 35.6 Å². The molecule has 3 aliphatic rings. The van der Waals surface area contributed by atoms with Crippen LogP contribution in [0.5, 0.6) is 0 Å². The molecule has 2 saturated heterocycles. The molecule has 30 heavy (non-hydrogen) atoms. The second-order valence-electron chi connectivity index (χ2n) is 10.1. The Hall–Kier alpha value is -2.14. The van der Waals surface area contributed by atoms with E-state index in [4.69, 9.17) is 4.52 Å². The summed E-state index contributed by atoms with van der Waals surface area (Å²) >= 11 is 0. The van der Waals surface area contributed by atoms with Gasteiger partial charge in [-0.1, -0.05) is 56.3 Å². The number of aromatic nitrogens is 1. The number of carbonyl (C=O) groups excluding carboxylic acids is 1. The maximum Gasteiger partial charge on any atom is 0.293 e. The van der Waals surface area contributed by atoms with Crippen molar-refractivity contribution >= 4 is 5.91 Å². The summed E-state index contributed by atoms with van der Waals surface area (Å²) in [6.45, 7) is 6.57. The van der Waals surface area contributed by atoms with Crippen molar-refractivity contribution in [2.24, 2.45) is 5.41 Å². The first-order valence-electron chi connectivity index (χ1n) is 11.5. The topological polar surface area (TPSA) is 49.6 Å². The van der Waals surface area contributed by atoms with Crippen LogP contribution in [0.1, 0.15) is 74.2 Å². The molecular weight excluding hydrogens is 374 g/mol. The number of hydrogen-bond donors (Lipinski definition) is 0. The first kappa shape index (κ1) is 19.8. The van der Waals surface area contributed by atoms with Crippen molar-refractivity contribution in [1.29, 1.82) is 0 Å². The predicted octanol–water partition coefficient (Wildman–Crippen LogP) is 4.50. The van der Waals surface area contributed by atoms with Crippen LogP contribution in [0.3, 0.4) is 0 Å². The molecule has 0 radical (unpaired) electrons. The van der Waals surface area contributed by atoms with Gasteiger partial charge < -0.3 is 9.42 Å². The zero-order valence-electron chi connectivity index (χ0n) is 18.5. The molecule has 3 fully saturated rings. The Balaban J connectivity index is 1.52. The Morgan fingerprint density at radius 3 is 2.67 bits per heavy atom. The Labute approximate surface area is 179 Å². The first-order chi connectivity index (χ1) is 14.4. The number of piperidine rings is 1. The lowest BCUT2D eigenvalue weighted by Crippen LogP contribution is -2.59. The predicted molar refractivity (Wildman–Crippen MR) is 116 cm³/mol. The molecule has 5 heteroatoms. The monoisotopic (exact) mass is 407 g/mol. The van der Waals surface area contributed by atoms with Crippen molar-refractivity contribution in [2.45, 2.75) is 83.0 Å². The van der Waals surface area contributed by atoms with E-state index in [-0.39, 0.29) is 29.3 Å². The van der Waals surface area contributed by atoms with Gasteiger partial charge in [-0.15, -0.1) is 0 Å². The number of carbonyl (C=O) groups is 1. The third-order valence-electron chi connectivity index (χ3n) is 8.13. The summed E-state index contributed by atoms with van der Waals surface area (Å²) in [6, 6.07) is 13.9. The van der Waals surface area contributed by atoms with Gasteiger partial charge in [0.2, 0.25) is 5.76 Å². The van der Waals surface area contributed by atoms with E-state index in [1.807, 2.05) is 6.07 Å². The molecule has 5 nitrogen and oxygen atoms in total. The van der Waals surface area contributed by atoms with Crippen molar-refractivity contribution in [1.82, 2.24) is 15.0 Å². The highest BCUT2D eigenvalue weighted by molar-refractivity contribution is 5.92. The fourth-order valence-corrected chi connectivity index (χ4v) is 6.60. The summed E-state index contributed by atoms with van der Waals surface area (Å²) in [5.41, 5.74) is 2.35. The fraction of sp³-hybridized carbons (Fsp3) is 0.600. The Morgan fingerprint density at radius 2 is 1.97 bits per heavy atom. The molecule has 2 bridgehead atoms. The lowest BCUT2D eigenvalue weighted by Gasteiger charge is -2.51. The van der Waals surface area contributed by atoms with Crippen LogP contribution in [-0.4, -0.2) is 52.1 Å². The zero-order valence-corrected chi connectivity index (χ0v) is 18.5. The number of fused-ring (bicyclic) bond motifs is 1. The molecule has 0 spiro atoms. The van der Waals surface area contributed by atoms with Crippen LogP contribution in [0.25, 0.3) is 0 Å². The molecule has 5 rings (SSSR count). The summed E-state index contributed by atoms with van der Waals surface area (Å²) in [5.74, 6) is 0.682. The summed E-state index contributed by atoms with van der Waals surface area (Å²) in [4.78, 5) is 18.5. The average Bonchev–Trinajstić information content (AvgIpc) is 3.33. The van der Waals surface area contributed by atoms with Crippen LogP contribution in [0.4, 0.5) is 0 Å². The largest absolute Gasteiger partial charge is 0.351 e. The van der Waals surface area contributed by atoms with Crippen molar-refractivity contribution in [3.63, 3.8) is 0 Å². The molecule has 1 saturated carbocycles. The van der Waals surface area contributed by atoms with Crippen molar-refractivity contribution in [3.05, 3.63) is 53.4 Å². The van der Waals surface area contributed by atoms with E-state index in [1.165, 1.54) is 18.4 Å². The number of likely N-dealkylation sites (N-methyl/N-ethyl adjacent to an activating group) is 1. The molecule has 0 unspecified atom stereocenters. The molecule has 160 valence electrons. The van der Waals surface area contributed by atoms with Crippen LogP contribution >= 0.6 is 0 Å². The smallest absolute Gasteiger partial charge is 0.293 e. The normalized spacial score (nSPS) is 33.3. The summed E-state index contributed by atoms with van der Waals surface area (Å²) < 4.78 is 5.54. The van der Waals surface area contributed by atoms with Crippen molar-refractivity contribution in [2.75, 3.05) is 7.05 Å². The number of likely N-dealkylation sites (tertiary alicyclic amines) is 2. The molecule has 3 heterocycles. The third-order valence-corrected chi connectivity index (χ3v) is 8.13. The van der Waals surface area contributed by atoms with E-state index in [9.17, 15) is 4.79 Å². The van der Waals surface area contributed by atoms with E-state index < -0.39 is 0 Å². The molecule has 1 aromatic heterocycles. The number of amides is 1. The minimum Gasteiger partial charge on any atom is -0.351 e. The second kappa shape index (κ2) is 7.23. The van der Waals surface area contributed by atoms with E-state index in [0.717, 1.165) is 25.0 Å². The number of rotatable bonds is 4. The van der Waals surface area contributed by atoms with Gasteiger partial charge in [0.15, 0.2) is 0 Å². The van der Waals surface area contributed by atoms with Gasteiger partial charge in [-0.05, 0) is 50.6 Å². The van der Waals surface area contributed by atoms with Crippen molar-refractivity contribution < 1.29 is 9.32 Å². The molecule has 0 N–H and O–H groups in total. The Kier molecular flexibility index (Phi) is 4.77. The average molecular weight is 408 g/mol. The lowest BCUT2D eigenvalue weighted by molar-refractivity contribution is -0.00398. The molecule has 5 atom stereocenters. The SMILES string of the molecule is CC(C)c1cc(C(=O)N2[C@H]3CCC[C@H]4N(C)[C@@H](Cc5ccccc5)[C@@H]2C[C@@]34C)on1. The van der Waals surface area contributed by atoms with Gasteiger partial charge >= 0.3 is 0 Å². The lowest BCUT2D eigenvalue weighted by atomic mass is 9.64. The quantitative estimate of drug-likeness (QED) is 0.749. The van der Waals surface area contributed by atoms with Gasteiger partial charge in [0.1, 0.15) is 0 Å². The standard InChI is InChI=1S/C25H33N3O2/c1-16(2)18-14-21(30-26-18)24(29)28-20-15-25(3)22(11-8-12-23(25)28)27(4)19(20)13-17-9-6-5-7-10-17/h5-7,9-10,14,16,19-20,22-23H,8,11-13,15H2,1-4H3/t19-,20-,22+,23-,25+/m0/s1. The fourth-order valence-electron chi connectivity index (χ4n) is 6.60. The van der Waals surface area contributed by atoms with E-state index in [1.54, 1.807) is 0 Å².